The van der Waals surface area contributed by atoms with Crippen molar-refractivity contribution < 1.29 is 4.52 Å². The summed E-state index contributed by atoms with van der Waals surface area (Å²) in [4.78, 5) is 4.49. The number of benzene rings is 1. The summed E-state index contributed by atoms with van der Waals surface area (Å²) in [6, 6.07) is 9.36. The smallest absolute Gasteiger partial charge is 0.257 e. The second kappa shape index (κ2) is 4.85. The van der Waals surface area contributed by atoms with Gasteiger partial charge in [-0.1, -0.05) is 18.1 Å². The highest BCUT2D eigenvalue weighted by atomic mass is 16.5. The summed E-state index contributed by atoms with van der Waals surface area (Å²) in [6.07, 6.45) is 3.51. The van der Waals surface area contributed by atoms with Gasteiger partial charge in [-0.3, -0.25) is 0 Å². The van der Waals surface area contributed by atoms with Crippen LogP contribution in [0, 0.1) is 17.2 Å². The van der Waals surface area contributed by atoms with E-state index in [0.29, 0.717) is 17.4 Å². The van der Waals surface area contributed by atoms with Gasteiger partial charge in [0.15, 0.2) is 5.82 Å². The quantitative estimate of drug-likeness (QED) is 0.821. The summed E-state index contributed by atoms with van der Waals surface area (Å²) < 4.78 is 5.33. The zero-order valence-electron chi connectivity index (χ0n) is 10.8. The van der Waals surface area contributed by atoms with Crippen molar-refractivity contribution in [2.75, 3.05) is 0 Å². The van der Waals surface area contributed by atoms with E-state index in [4.69, 9.17) is 9.78 Å². The van der Waals surface area contributed by atoms with E-state index in [1.165, 1.54) is 6.42 Å². The van der Waals surface area contributed by atoms with Crippen LogP contribution in [0.3, 0.4) is 0 Å². The fourth-order valence-electron chi connectivity index (χ4n) is 2.68. The Morgan fingerprint density at radius 2 is 2.26 bits per heavy atom. The lowest BCUT2D eigenvalue weighted by atomic mass is 10.1. The largest absolute Gasteiger partial charge is 0.334 e. The highest BCUT2D eigenvalue weighted by Crippen LogP contribution is 2.37. The van der Waals surface area contributed by atoms with Gasteiger partial charge in [-0.2, -0.15) is 10.2 Å². The Bertz CT molecular complexity index is 626. The van der Waals surface area contributed by atoms with Crippen molar-refractivity contribution in [2.45, 2.75) is 32.1 Å². The van der Waals surface area contributed by atoms with Gasteiger partial charge >= 0.3 is 0 Å². The zero-order chi connectivity index (χ0) is 13.2. The van der Waals surface area contributed by atoms with Crippen LogP contribution in [0.15, 0.2) is 28.8 Å². The standard InChI is InChI=1S/C15H15N3O/c1-10-5-6-12(7-10)14-17-15(19-18-14)13-4-2-3-11(8-13)9-16/h2-4,8,10,12H,5-7H2,1H3. The molecule has 4 heteroatoms. The Kier molecular flexibility index (Phi) is 3.04. The summed E-state index contributed by atoms with van der Waals surface area (Å²) >= 11 is 0. The molecule has 19 heavy (non-hydrogen) atoms. The monoisotopic (exact) mass is 253 g/mol. The van der Waals surface area contributed by atoms with Crippen molar-refractivity contribution in [1.29, 1.82) is 5.26 Å². The van der Waals surface area contributed by atoms with E-state index in [1.54, 1.807) is 12.1 Å². The molecular weight excluding hydrogens is 238 g/mol. The number of hydrogen-bond acceptors (Lipinski definition) is 4. The van der Waals surface area contributed by atoms with Gasteiger partial charge in [0.1, 0.15) is 0 Å². The molecule has 1 fully saturated rings. The van der Waals surface area contributed by atoms with Crippen LogP contribution in [0.4, 0.5) is 0 Å². The van der Waals surface area contributed by atoms with Gasteiger partial charge in [0.05, 0.1) is 11.6 Å². The number of aromatic nitrogens is 2. The maximum atomic E-state index is 8.90. The topological polar surface area (TPSA) is 62.7 Å². The Morgan fingerprint density at radius 1 is 1.37 bits per heavy atom. The highest BCUT2D eigenvalue weighted by molar-refractivity contribution is 5.56. The minimum Gasteiger partial charge on any atom is -0.334 e. The average Bonchev–Trinajstić information content (AvgIpc) is 3.07. The molecule has 1 aromatic carbocycles. The van der Waals surface area contributed by atoms with Crippen LogP contribution < -0.4 is 0 Å². The molecule has 2 aromatic rings. The number of nitriles is 1. The molecule has 0 amide bonds. The van der Waals surface area contributed by atoms with Crippen molar-refractivity contribution >= 4 is 0 Å². The highest BCUT2D eigenvalue weighted by Gasteiger charge is 2.27. The third-order valence-corrected chi connectivity index (χ3v) is 3.74. The molecule has 1 aliphatic rings. The average molecular weight is 253 g/mol. The molecule has 2 atom stereocenters. The molecule has 1 saturated carbocycles. The third-order valence-electron chi connectivity index (χ3n) is 3.74. The summed E-state index contributed by atoms with van der Waals surface area (Å²) in [6.45, 7) is 2.26. The lowest BCUT2D eigenvalue weighted by Crippen LogP contribution is -1.96. The maximum absolute atomic E-state index is 8.90. The summed E-state index contributed by atoms with van der Waals surface area (Å²) in [5.74, 6) is 2.48. The molecule has 1 heterocycles. The molecule has 2 unspecified atom stereocenters. The molecule has 0 radical (unpaired) electrons. The SMILES string of the molecule is CC1CCC(c2noc(-c3cccc(C#N)c3)n2)C1. The normalized spacial score (nSPS) is 22.3. The Morgan fingerprint density at radius 3 is 3.00 bits per heavy atom. The minimum atomic E-state index is 0.423. The van der Waals surface area contributed by atoms with Gasteiger partial charge in [0.2, 0.25) is 0 Å². The first-order valence-corrected chi connectivity index (χ1v) is 6.60. The molecule has 0 saturated heterocycles. The van der Waals surface area contributed by atoms with Gasteiger partial charge in [0.25, 0.3) is 5.89 Å². The first kappa shape index (κ1) is 11.9. The fourth-order valence-corrected chi connectivity index (χ4v) is 2.68. The predicted octanol–water partition coefficient (Wildman–Crippen LogP) is 3.51. The van der Waals surface area contributed by atoms with E-state index in [0.717, 1.165) is 30.1 Å². The zero-order valence-corrected chi connectivity index (χ0v) is 10.8. The Balaban J connectivity index is 1.86. The van der Waals surface area contributed by atoms with Gasteiger partial charge < -0.3 is 4.52 Å². The first-order chi connectivity index (χ1) is 9.26. The molecule has 0 bridgehead atoms. The van der Waals surface area contributed by atoms with Crippen molar-refractivity contribution in [2.24, 2.45) is 5.92 Å². The molecule has 3 rings (SSSR count). The number of hydrogen-bond donors (Lipinski definition) is 0. The molecule has 0 spiro atoms. The molecular formula is C15H15N3O. The summed E-state index contributed by atoms with van der Waals surface area (Å²) in [5, 5.41) is 13.0. The maximum Gasteiger partial charge on any atom is 0.257 e. The van der Waals surface area contributed by atoms with Crippen molar-refractivity contribution in [3.05, 3.63) is 35.7 Å². The number of rotatable bonds is 2. The van der Waals surface area contributed by atoms with Crippen LogP contribution >= 0.6 is 0 Å². The van der Waals surface area contributed by atoms with Crippen LogP contribution in [0.1, 0.15) is 43.5 Å². The van der Waals surface area contributed by atoms with Crippen LogP contribution in [-0.2, 0) is 0 Å². The van der Waals surface area contributed by atoms with E-state index in [-0.39, 0.29) is 0 Å². The summed E-state index contributed by atoms with van der Waals surface area (Å²) in [5.41, 5.74) is 1.41. The van der Waals surface area contributed by atoms with Crippen LogP contribution in [-0.4, -0.2) is 10.1 Å². The molecule has 96 valence electrons. The van der Waals surface area contributed by atoms with Crippen molar-refractivity contribution in [1.82, 2.24) is 10.1 Å². The van der Waals surface area contributed by atoms with Crippen molar-refractivity contribution in [3.63, 3.8) is 0 Å². The van der Waals surface area contributed by atoms with Crippen LogP contribution in [0.5, 0.6) is 0 Å². The second-order valence-electron chi connectivity index (χ2n) is 5.27. The minimum absolute atomic E-state index is 0.423. The fraction of sp³-hybridized carbons (Fsp3) is 0.400. The Labute approximate surface area is 112 Å². The van der Waals surface area contributed by atoms with E-state index in [2.05, 4.69) is 23.1 Å². The van der Waals surface area contributed by atoms with Gasteiger partial charge in [-0.25, -0.2) is 0 Å². The van der Waals surface area contributed by atoms with Gasteiger partial charge in [-0.05, 0) is 43.4 Å². The molecule has 1 aromatic heterocycles. The Hall–Kier alpha value is -2.15. The molecule has 1 aliphatic carbocycles. The van der Waals surface area contributed by atoms with E-state index in [1.807, 2.05) is 12.1 Å². The lowest BCUT2D eigenvalue weighted by molar-refractivity contribution is 0.414. The third kappa shape index (κ3) is 2.37. The van der Waals surface area contributed by atoms with E-state index < -0.39 is 0 Å². The first-order valence-electron chi connectivity index (χ1n) is 6.60. The van der Waals surface area contributed by atoms with E-state index in [9.17, 15) is 0 Å². The lowest BCUT2D eigenvalue weighted by Gasteiger charge is -2.01. The van der Waals surface area contributed by atoms with Crippen LogP contribution in [0.25, 0.3) is 11.5 Å². The number of nitrogens with zero attached hydrogens (tertiary/aromatic N) is 3. The van der Waals surface area contributed by atoms with Gasteiger partial charge in [0, 0.05) is 11.5 Å². The predicted molar refractivity (Wildman–Crippen MR) is 70.2 cm³/mol. The van der Waals surface area contributed by atoms with Gasteiger partial charge in [-0.15, -0.1) is 0 Å². The second-order valence-corrected chi connectivity index (χ2v) is 5.27. The van der Waals surface area contributed by atoms with Crippen molar-refractivity contribution in [3.8, 4) is 17.5 Å². The molecule has 4 nitrogen and oxygen atoms in total. The van der Waals surface area contributed by atoms with E-state index >= 15 is 0 Å². The molecule has 0 aliphatic heterocycles. The summed E-state index contributed by atoms with van der Waals surface area (Å²) in [7, 11) is 0. The van der Waals surface area contributed by atoms with Crippen LogP contribution in [0.2, 0.25) is 0 Å². The molecule has 0 N–H and O–H groups in total.